The van der Waals surface area contributed by atoms with Gasteiger partial charge in [-0.3, -0.25) is 4.79 Å². The average molecular weight is 324 g/mol. The Hall–Kier alpha value is -1.75. The van der Waals surface area contributed by atoms with Crippen molar-refractivity contribution in [2.75, 3.05) is 14.1 Å². The van der Waals surface area contributed by atoms with Crippen LogP contribution in [0, 0.1) is 5.92 Å². The zero-order valence-electron chi connectivity index (χ0n) is 13.1. The standard InChI is InChI=1S/C16H22ClN3O2/c1-10(15(21)20(2)3)18-16(22)19-14(11-4-5-11)12-6-8-13(17)9-7-12/h6-11,14H,4-5H2,1-3H3,(H2,18,19,22)/t10-,14+/m0/s1. The number of carbonyl (C=O) groups is 2. The molecule has 3 amide bonds. The van der Waals surface area contributed by atoms with E-state index in [-0.39, 0.29) is 18.0 Å². The Bertz CT molecular complexity index is 541. The second-order valence-electron chi connectivity index (χ2n) is 5.94. The van der Waals surface area contributed by atoms with Gasteiger partial charge in [0.05, 0.1) is 6.04 Å². The number of halogens is 1. The number of nitrogens with zero attached hydrogens (tertiary/aromatic N) is 1. The minimum atomic E-state index is -0.555. The smallest absolute Gasteiger partial charge is 0.315 e. The highest BCUT2D eigenvalue weighted by Crippen LogP contribution is 2.41. The Morgan fingerprint density at radius 1 is 1.18 bits per heavy atom. The van der Waals surface area contributed by atoms with E-state index in [1.807, 2.05) is 24.3 Å². The molecule has 0 saturated heterocycles. The normalized spacial score (nSPS) is 16.5. The predicted molar refractivity (Wildman–Crippen MR) is 86.7 cm³/mol. The van der Waals surface area contributed by atoms with Crippen molar-refractivity contribution in [3.8, 4) is 0 Å². The number of amides is 3. The van der Waals surface area contributed by atoms with Crippen LogP contribution >= 0.6 is 11.6 Å². The summed E-state index contributed by atoms with van der Waals surface area (Å²) in [6.45, 7) is 1.68. The molecule has 0 bridgehead atoms. The number of nitrogens with one attached hydrogen (secondary N) is 2. The third-order valence-electron chi connectivity index (χ3n) is 3.77. The summed E-state index contributed by atoms with van der Waals surface area (Å²) in [4.78, 5) is 25.4. The van der Waals surface area contributed by atoms with Crippen LogP contribution in [0.3, 0.4) is 0 Å². The van der Waals surface area contributed by atoms with E-state index in [0.717, 1.165) is 18.4 Å². The summed E-state index contributed by atoms with van der Waals surface area (Å²) in [5, 5.41) is 6.34. The topological polar surface area (TPSA) is 61.4 Å². The van der Waals surface area contributed by atoms with E-state index in [1.165, 1.54) is 4.90 Å². The van der Waals surface area contributed by atoms with E-state index in [1.54, 1.807) is 21.0 Å². The first kappa shape index (κ1) is 16.6. The Balaban J connectivity index is 1.98. The van der Waals surface area contributed by atoms with E-state index in [9.17, 15) is 9.59 Å². The maximum absolute atomic E-state index is 12.1. The highest BCUT2D eigenvalue weighted by molar-refractivity contribution is 6.30. The number of urea groups is 1. The van der Waals surface area contributed by atoms with E-state index in [2.05, 4.69) is 10.6 Å². The van der Waals surface area contributed by atoms with Crippen molar-refractivity contribution < 1.29 is 9.59 Å². The average Bonchev–Trinajstić information content (AvgIpc) is 3.29. The lowest BCUT2D eigenvalue weighted by Gasteiger charge is -2.22. The number of carbonyl (C=O) groups excluding carboxylic acids is 2. The minimum Gasteiger partial charge on any atom is -0.347 e. The van der Waals surface area contributed by atoms with Crippen LogP contribution in [-0.2, 0) is 4.79 Å². The van der Waals surface area contributed by atoms with Crippen LogP contribution in [0.4, 0.5) is 4.79 Å². The van der Waals surface area contributed by atoms with E-state index in [4.69, 9.17) is 11.6 Å². The largest absolute Gasteiger partial charge is 0.347 e. The molecule has 0 aromatic heterocycles. The molecule has 1 aliphatic rings. The van der Waals surface area contributed by atoms with Crippen molar-refractivity contribution in [1.29, 1.82) is 0 Å². The first-order chi connectivity index (χ1) is 10.4. The van der Waals surface area contributed by atoms with E-state index in [0.29, 0.717) is 10.9 Å². The maximum Gasteiger partial charge on any atom is 0.315 e. The van der Waals surface area contributed by atoms with Crippen LogP contribution in [0.5, 0.6) is 0 Å². The summed E-state index contributed by atoms with van der Waals surface area (Å²) in [6.07, 6.45) is 2.19. The summed E-state index contributed by atoms with van der Waals surface area (Å²) in [5.41, 5.74) is 1.04. The second-order valence-corrected chi connectivity index (χ2v) is 6.38. The van der Waals surface area contributed by atoms with Crippen LogP contribution in [0.25, 0.3) is 0 Å². The third-order valence-corrected chi connectivity index (χ3v) is 4.02. The number of benzene rings is 1. The fraction of sp³-hybridized carbons (Fsp3) is 0.500. The van der Waals surface area contributed by atoms with Gasteiger partial charge in [0.2, 0.25) is 5.91 Å². The molecule has 0 heterocycles. The molecule has 120 valence electrons. The quantitative estimate of drug-likeness (QED) is 0.875. The zero-order valence-corrected chi connectivity index (χ0v) is 13.9. The van der Waals surface area contributed by atoms with Crippen LogP contribution in [0.15, 0.2) is 24.3 Å². The van der Waals surface area contributed by atoms with Gasteiger partial charge in [-0.25, -0.2) is 4.79 Å². The molecule has 2 rings (SSSR count). The Morgan fingerprint density at radius 2 is 1.77 bits per heavy atom. The molecule has 0 unspecified atom stereocenters. The van der Waals surface area contributed by atoms with Crippen molar-refractivity contribution in [2.45, 2.75) is 31.8 Å². The summed E-state index contributed by atoms with van der Waals surface area (Å²) < 4.78 is 0. The summed E-state index contributed by atoms with van der Waals surface area (Å²) in [7, 11) is 3.33. The minimum absolute atomic E-state index is 0.0427. The van der Waals surface area contributed by atoms with Gasteiger partial charge in [0.25, 0.3) is 0 Å². The Labute approximate surface area is 136 Å². The Morgan fingerprint density at radius 3 is 2.27 bits per heavy atom. The van der Waals surface area contributed by atoms with Crippen molar-refractivity contribution >= 4 is 23.5 Å². The van der Waals surface area contributed by atoms with Crippen molar-refractivity contribution in [1.82, 2.24) is 15.5 Å². The molecule has 0 aliphatic heterocycles. The van der Waals surface area contributed by atoms with E-state index < -0.39 is 6.04 Å². The van der Waals surface area contributed by atoms with Gasteiger partial charge in [-0.2, -0.15) is 0 Å². The molecule has 1 aliphatic carbocycles. The third kappa shape index (κ3) is 4.37. The highest BCUT2D eigenvalue weighted by Gasteiger charge is 2.33. The summed E-state index contributed by atoms with van der Waals surface area (Å²) >= 11 is 5.91. The van der Waals surface area contributed by atoms with Gasteiger partial charge in [0.15, 0.2) is 0 Å². The molecule has 5 nitrogen and oxygen atoms in total. The SMILES string of the molecule is C[C@H](NC(=O)N[C@@H](c1ccc(Cl)cc1)C1CC1)C(=O)N(C)C. The first-order valence-electron chi connectivity index (χ1n) is 7.42. The molecule has 1 aromatic carbocycles. The lowest BCUT2D eigenvalue weighted by molar-refractivity contribution is -0.130. The van der Waals surface area contributed by atoms with Gasteiger partial charge in [0, 0.05) is 19.1 Å². The van der Waals surface area contributed by atoms with Gasteiger partial charge in [0.1, 0.15) is 6.04 Å². The molecule has 0 spiro atoms. The molecular weight excluding hydrogens is 302 g/mol. The van der Waals surface area contributed by atoms with Gasteiger partial charge in [-0.1, -0.05) is 23.7 Å². The molecule has 22 heavy (non-hydrogen) atoms. The monoisotopic (exact) mass is 323 g/mol. The van der Waals surface area contributed by atoms with Crippen LogP contribution < -0.4 is 10.6 Å². The predicted octanol–water partition coefficient (Wildman–Crippen LogP) is 2.57. The fourth-order valence-corrected chi connectivity index (χ4v) is 2.53. The van der Waals surface area contributed by atoms with Crippen LogP contribution in [0.1, 0.15) is 31.4 Å². The van der Waals surface area contributed by atoms with E-state index >= 15 is 0 Å². The molecular formula is C16H22ClN3O2. The fourth-order valence-electron chi connectivity index (χ4n) is 2.40. The highest BCUT2D eigenvalue weighted by atomic mass is 35.5. The molecule has 2 atom stereocenters. The van der Waals surface area contributed by atoms with Crippen molar-refractivity contribution in [2.24, 2.45) is 5.92 Å². The molecule has 2 N–H and O–H groups in total. The van der Waals surface area contributed by atoms with Crippen LogP contribution in [0.2, 0.25) is 5.02 Å². The maximum atomic E-state index is 12.1. The molecule has 0 radical (unpaired) electrons. The molecule has 1 saturated carbocycles. The number of likely N-dealkylation sites (N-methyl/N-ethyl adjacent to an activating group) is 1. The summed E-state index contributed by atoms with van der Waals surface area (Å²) in [6, 6.07) is 6.59. The second kappa shape index (κ2) is 7.01. The van der Waals surface area contributed by atoms with Gasteiger partial charge in [-0.15, -0.1) is 0 Å². The van der Waals surface area contributed by atoms with Gasteiger partial charge in [-0.05, 0) is 43.4 Å². The lowest BCUT2D eigenvalue weighted by Crippen LogP contribution is -2.49. The molecule has 6 heteroatoms. The van der Waals surface area contributed by atoms with Crippen molar-refractivity contribution in [3.63, 3.8) is 0 Å². The first-order valence-corrected chi connectivity index (χ1v) is 7.80. The van der Waals surface area contributed by atoms with Gasteiger partial charge < -0.3 is 15.5 Å². The zero-order chi connectivity index (χ0) is 16.3. The summed E-state index contributed by atoms with van der Waals surface area (Å²) in [5.74, 6) is 0.316. The lowest BCUT2D eigenvalue weighted by atomic mass is 10.0. The van der Waals surface area contributed by atoms with Crippen molar-refractivity contribution in [3.05, 3.63) is 34.9 Å². The van der Waals surface area contributed by atoms with Gasteiger partial charge >= 0.3 is 6.03 Å². The number of rotatable bonds is 5. The number of hydrogen-bond donors (Lipinski definition) is 2. The molecule has 1 aromatic rings. The Kier molecular flexibility index (Phi) is 5.29. The molecule has 1 fully saturated rings. The van der Waals surface area contributed by atoms with Crippen LogP contribution in [-0.4, -0.2) is 37.0 Å². The number of hydrogen-bond acceptors (Lipinski definition) is 2.